The van der Waals surface area contributed by atoms with Gasteiger partial charge in [0, 0.05) is 18.9 Å². The average Bonchev–Trinajstić information content (AvgIpc) is 2.55. The Balaban J connectivity index is 1.99. The van der Waals surface area contributed by atoms with Gasteiger partial charge in [-0.1, -0.05) is 30.3 Å². The van der Waals surface area contributed by atoms with Gasteiger partial charge in [0.2, 0.25) is 5.92 Å². The van der Waals surface area contributed by atoms with Crippen molar-refractivity contribution < 1.29 is 26.7 Å². The zero-order valence-electron chi connectivity index (χ0n) is 15.0. The molecule has 2 rings (SSSR count). The highest BCUT2D eigenvalue weighted by molar-refractivity contribution is 7.91. The van der Waals surface area contributed by atoms with Gasteiger partial charge in [-0.25, -0.2) is 22.0 Å². The Hall–Kier alpha value is -1.70. The van der Waals surface area contributed by atoms with Crippen LogP contribution in [0.25, 0.3) is 0 Å². The van der Waals surface area contributed by atoms with E-state index in [0.717, 1.165) is 5.56 Å². The molecule has 1 aromatic rings. The van der Waals surface area contributed by atoms with E-state index in [1.807, 2.05) is 18.2 Å². The SMILES string of the molecule is CC(C)S(=O)(=O)C[C@@H]1CC(F)(F)CC[C@@H]1NC(=O)OCc1ccccc1. The number of hydrogen-bond donors (Lipinski definition) is 1. The van der Waals surface area contributed by atoms with Crippen molar-refractivity contribution in [1.29, 1.82) is 0 Å². The molecule has 0 spiro atoms. The van der Waals surface area contributed by atoms with Crippen molar-refractivity contribution in [2.75, 3.05) is 5.75 Å². The van der Waals surface area contributed by atoms with Gasteiger partial charge in [-0.15, -0.1) is 0 Å². The van der Waals surface area contributed by atoms with Crippen LogP contribution in [0.15, 0.2) is 30.3 Å². The molecule has 0 saturated heterocycles. The lowest BCUT2D eigenvalue weighted by molar-refractivity contribution is -0.0576. The highest BCUT2D eigenvalue weighted by Crippen LogP contribution is 2.38. The molecule has 146 valence electrons. The molecule has 1 aliphatic rings. The minimum atomic E-state index is -3.50. The fourth-order valence-corrected chi connectivity index (χ4v) is 4.33. The number of amides is 1. The predicted octanol–water partition coefficient (Wildman–Crippen LogP) is 3.54. The molecule has 5 nitrogen and oxygen atoms in total. The number of benzene rings is 1. The second-order valence-electron chi connectivity index (χ2n) is 7.05. The molecule has 1 N–H and O–H groups in total. The van der Waals surface area contributed by atoms with Crippen LogP contribution in [0.4, 0.5) is 13.6 Å². The van der Waals surface area contributed by atoms with Gasteiger partial charge in [0.15, 0.2) is 9.84 Å². The third-order valence-electron chi connectivity index (χ3n) is 4.63. The number of nitrogens with one attached hydrogen (secondary N) is 1. The molecule has 0 heterocycles. The van der Waals surface area contributed by atoms with E-state index in [9.17, 15) is 22.0 Å². The topological polar surface area (TPSA) is 72.5 Å². The average molecular weight is 389 g/mol. The first-order valence-electron chi connectivity index (χ1n) is 8.66. The summed E-state index contributed by atoms with van der Waals surface area (Å²) < 4.78 is 57.0. The van der Waals surface area contributed by atoms with Crippen molar-refractivity contribution in [1.82, 2.24) is 5.32 Å². The van der Waals surface area contributed by atoms with E-state index in [-0.39, 0.29) is 25.2 Å². The molecule has 1 saturated carbocycles. The molecule has 26 heavy (non-hydrogen) atoms. The van der Waals surface area contributed by atoms with Crippen molar-refractivity contribution in [3.8, 4) is 0 Å². The van der Waals surface area contributed by atoms with Gasteiger partial charge in [-0.05, 0) is 31.7 Å². The Morgan fingerprint density at radius 2 is 1.96 bits per heavy atom. The van der Waals surface area contributed by atoms with Gasteiger partial charge < -0.3 is 10.1 Å². The van der Waals surface area contributed by atoms with Crippen LogP contribution in [-0.2, 0) is 21.2 Å². The summed E-state index contributed by atoms with van der Waals surface area (Å²) in [5.74, 6) is -4.12. The van der Waals surface area contributed by atoms with Crippen LogP contribution >= 0.6 is 0 Å². The van der Waals surface area contributed by atoms with Gasteiger partial charge >= 0.3 is 6.09 Å². The van der Waals surface area contributed by atoms with Crippen molar-refractivity contribution in [2.24, 2.45) is 5.92 Å². The molecule has 0 aliphatic heterocycles. The van der Waals surface area contributed by atoms with E-state index in [1.165, 1.54) is 13.8 Å². The summed E-state index contributed by atoms with van der Waals surface area (Å²) in [6.07, 6.45) is -1.64. The Bertz CT molecular complexity index is 707. The molecule has 1 aromatic carbocycles. The molecular weight excluding hydrogens is 364 g/mol. The summed E-state index contributed by atoms with van der Waals surface area (Å²) >= 11 is 0. The molecule has 0 unspecified atom stereocenters. The summed E-state index contributed by atoms with van der Waals surface area (Å²) in [7, 11) is -3.50. The lowest BCUT2D eigenvalue weighted by atomic mass is 9.83. The zero-order chi connectivity index (χ0) is 19.4. The molecule has 2 atom stereocenters. The number of halogens is 2. The minimum absolute atomic E-state index is 0.0196. The molecule has 1 aliphatic carbocycles. The first-order valence-corrected chi connectivity index (χ1v) is 10.4. The van der Waals surface area contributed by atoms with Crippen LogP contribution < -0.4 is 5.32 Å². The maximum atomic E-state index is 13.8. The molecular formula is C18H25F2NO4S. The third-order valence-corrected chi connectivity index (χ3v) is 6.96. The lowest BCUT2D eigenvalue weighted by Crippen LogP contribution is -2.49. The Morgan fingerprint density at radius 3 is 2.58 bits per heavy atom. The van der Waals surface area contributed by atoms with Gasteiger partial charge in [0.1, 0.15) is 6.61 Å². The van der Waals surface area contributed by atoms with Crippen LogP contribution in [0, 0.1) is 5.92 Å². The first kappa shape index (κ1) is 20.6. The van der Waals surface area contributed by atoms with Crippen LogP contribution in [-0.4, -0.2) is 37.5 Å². The van der Waals surface area contributed by atoms with Gasteiger partial charge in [-0.2, -0.15) is 0 Å². The number of hydrogen-bond acceptors (Lipinski definition) is 4. The monoisotopic (exact) mass is 389 g/mol. The highest BCUT2D eigenvalue weighted by Gasteiger charge is 2.44. The smallest absolute Gasteiger partial charge is 0.407 e. The van der Waals surface area contributed by atoms with E-state index >= 15 is 0 Å². The summed E-state index contributed by atoms with van der Waals surface area (Å²) in [5, 5.41) is 1.93. The molecule has 0 bridgehead atoms. The lowest BCUT2D eigenvalue weighted by Gasteiger charge is -2.36. The summed E-state index contributed by atoms with van der Waals surface area (Å²) in [6.45, 7) is 3.10. The van der Waals surface area contributed by atoms with Crippen molar-refractivity contribution in [3.05, 3.63) is 35.9 Å². The number of alkyl carbamates (subject to hydrolysis) is 1. The van der Waals surface area contributed by atoms with E-state index in [2.05, 4.69) is 5.32 Å². The molecule has 0 radical (unpaired) electrons. The molecule has 1 amide bonds. The zero-order valence-corrected chi connectivity index (χ0v) is 15.8. The Labute approximate surface area is 153 Å². The van der Waals surface area contributed by atoms with Crippen LogP contribution in [0.2, 0.25) is 0 Å². The van der Waals surface area contributed by atoms with E-state index in [1.54, 1.807) is 12.1 Å². The maximum absolute atomic E-state index is 13.8. The molecule has 8 heteroatoms. The Kier molecular flexibility index (Phi) is 6.60. The fourth-order valence-electron chi connectivity index (χ4n) is 3.00. The minimum Gasteiger partial charge on any atom is -0.445 e. The number of sulfone groups is 1. The number of carbonyl (C=O) groups is 1. The quantitative estimate of drug-likeness (QED) is 0.808. The number of rotatable bonds is 6. The summed E-state index contributed by atoms with van der Waals surface area (Å²) in [6, 6.07) is 8.41. The summed E-state index contributed by atoms with van der Waals surface area (Å²) in [5.41, 5.74) is 0.803. The number of alkyl halides is 2. The second-order valence-corrected chi connectivity index (χ2v) is 9.65. The van der Waals surface area contributed by atoms with Crippen molar-refractivity contribution in [3.63, 3.8) is 0 Å². The first-order chi connectivity index (χ1) is 12.1. The largest absolute Gasteiger partial charge is 0.445 e. The second kappa shape index (κ2) is 8.33. The normalized spacial score (nSPS) is 22.8. The number of carbonyl (C=O) groups excluding carboxylic acids is 1. The van der Waals surface area contributed by atoms with Crippen LogP contribution in [0.5, 0.6) is 0 Å². The van der Waals surface area contributed by atoms with Crippen molar-refractivity contribution >= 4 is 15.9 Å². The molecule has 0 aromatic heterocycles. The van der Waals surface area contributed by atoms with E-state index in [0.29, 0.717) is 0 Å². The maximum Gasteiger partial charge on any atom is 0.407 e. The van der Waals surface area contributed by atoms with E-state index in [4.69, 9.17) is 4.74 Å². The van der Waals surface area contributed by atoms with Gasteiger partial charge in [0.25, 0.3) is 0 Å². The highest BCUT2D eigenvalue weighted by atomic mass is 32.2. The predicted molar refractivity (Wildman–Crippen MR) is 94.8 cm³/mol. The van der Waals surface area contributed by atoms with Crippen LogP contribution in [0.3, 0.4) is 0 Å². The van der Waals surface area contributed by atoms with E-state index < -0.39 is 45.5 Å². The van der Waals surface area contributed by atoms with Crippen molar-refractivity contribution in [2.45, 2.75) is 56.9 Å². The Morgan fingerprint density at radius 1 is 1.31 bits per heavy atom. The third kappa shape index (κ3) is 5.93. The summed E-state index contributed by atoms with van der Waals surface area (Å²) in [4.78, 5) is 12.0. The van der Waals surface area contributed by atoms with Gasteiger partial charge in [-0.3, -0.25) is 0 Å². The number of ether oxygens (including phenoxy) is 1. The van der Waals surface area contributed by atoms with Gasteiger partial charge in [0.05, 0.1) is 11.0 Å². The molecule has 1 fully saturated rings. The fraction of sp³-hybridized carbons (Fsp3) is 0.611. The standard InChI is InChI=1S/C18H25F2NO4S/c1-13(2)26(23,24)12-15-10-18(19,20)9-8-16(15)21-17(22)25-11-14-6-4-3-5-7-14/h3-7,13,15-16H,8-12H2,1-2H3,(H,21,22)/t15-,16-/m0/s1. The van der Waals surface area contributed by atoms with Crippen LogP contribution in [0.1, 0.15) is 38.7 Å².